The lowest BCUT2D eigenvalue weighted by Crippen LogP contribution is -2.27. The molecule has 3 aromatic rings. The SMILES string of the molecule is CNCc1nc(N(C)C(C)C)cc2c1CN(c1cccc(-c3nnc4n3CC(OC)C4)n1)C2=O. The van der Waals surface area contributed by atoms with E-state index in [1.54, 1.807) is 12.0 Å². The molecular weight excluding hydrogens is 432 g/mol. The fourth-order valence-corrected chi connectivity index (χ4v) is 4.49. The van der Waals surface area contributed by atoms with E-state index in [-0.39, 0.29) is 18.1 Å². The van der Waals surface area contributed by atoms with Crippen LogP contribution in [0.3, 0.4) is 0 Å². The molecule has 1 atom stereocenters. The van der Waals surface area contributed by atoms with E-state index in [1.807, 2.05) is 42.9 Å². The Labute approximate surface area is 199 Å². The molecule has 0 saturated carbocycles. The van der Waals surface area contributed by atoms with E-state index in [2.05, 4.69) is 34.3 Å². The van der Waals surface area contributed by atoms with Gasteiger partial charge in [0.05, 0.1) is 30.5 Å². The molecule has 3 aromatic heterocycles. The number of carbonyl (C=O) groups is 1. The molecule has 5 heterocycles. The number of rotatable bonds is 7. The maximum absolute atomic E-state index is 13.5. The van der Waals surface area contributed by atoms with Crippen LogP contribution >= 0.6 is 0 Å². The van der Waals surface area contributed by atoms with Crippen LogP contribution in [0.15, 0.2) is 24.3 Å². The molecule has 1 amide bonds. The molecule has 178 valence electrons. The molecule has 0 radical (unpaired) electrons. The molecule has 2 aliphatic rings. The van der Waals surface area contributed by atoms with Crippen LogP contribution in [0.2, 0.25) is 0 Å². The second-order valence-electron chi connectivity index (χ2n) is 9.07. The summed E-state index contributed by atoms with van der Waals surface area (Å²) in [6.45, 7) is 5.92. The summed E-state index contributed by atoms with van der Waals surface area (Å²) in [6, 6.07) is 7.83. The normalized spacial score (nSPS) is 16.9. The zero-order chi connectivity index (χ0) is 24.0. The molecule has 10 nitrogen and oxygen atoms in total. The van der Waals surface area contributed by atoms with Crippen molar-refractivity contribution in [2.75, 3.05) is 31.0 Å². The highest BCUT2D eigenvalue weighted by Crippen LogP contribution is 2.33. The van der Waals surface area contributed by atoms with Crippen LogP contribution < -0.4 is 15.1 Å². The van der Waals surface area contributed by atoms with Gasteiger partial charge in [0.25, 0.3) is 5.91 Å². The molecule has 5 rings (SSSR count). The third-order valence-corrected chi connectivity index (χ3v) is 6.67. The van der Waals surface area contributed by atoms with Crippen molar-refractivity contribution in [3.8, 4) is 11.5 Å². The minimum absolute atomic E-state index is 0.0660. The summed E-state index contributed by atoms with van der Waals surface area (Å²) in [7, 11) is 5.59. The Morgan fingerprint density at radius 3 is 2.82 bits per heavy atom. The van der Waals surface area contributed by atoms with Crippen LogP contribution in [0.1, 0.15) is 41.3 Å². The standard InChI is InChI=1S/C24H30N8O2/c1-14(2)30(4)21-10-16-17(19(27-21)11-25-3)13-32(24(16)33)20-8-6-7-18(26-20)23-29-28-22-9-15(34-5)12-31(22)23/h6-8,10,14-15,25H,9,11-13H2,1-5H3. The van der Waals surface area contributed by atoms with E-state index in [1.165, 1.54) is 0 Å². The Kier molecular flexibility index (Phi) is 5.78. The van der Waals surface area contributed by atoms with Gasteiger partial charge < -0.3 is 19.5 Å². The number of ether oxygens (including phenoxy) is 1. The van der Waals surface area contributed by atoms with Gasteiger partial charge in [-0.2, -0.15) is 0 Å². The first kappa shape index (κ1) is 22.4. The summed E-state index contributed by atoms with van der Waals surface area (Å²) in [5, 5.41) is 11.9. The number of hydrogen-bond donors (Lipinski definition) is 1. The quantitative estimate of drug-likeness (QED) is 0.569. The highest BCUT2D eigenvalue weighted by Gasteiger charge is 2.34. The molecule has 0 bridgehead atoms. The first-order valence-electron chi connectivity index (χ1n) is 11.6. The third-order valence-electron chi connectivity index (χ3n) is 6.67. The number of hydrogen-bond acceptors (Lipinski definition) is 8. The number of amides is 1. The fourth-order valence-electron chi connectivity index (χ4n) is 4.49. The van der Waals surface area contributed by atoms with Gasteiger partial charge in [0.1, 0.15) is 23.2 Å². The third kappa shape index (κ3) is 3.72. The summed E-state index contributed by atoms with van der Waals surface area (Å²) in [5.41, 5.74) is 3.20. The number of anilines is 2. The summed E-state index contributed by atoms with van der Waals surface area (Å²) >= 11 is 0. The van der Waals surface area contributed by atoms with Crippen LogP contribution in [0, 0.1) is 0 Å². The number of pyridine rings is 2. The van der Waals surface area contributed by atoms with Crippen LogP contribution in [-0.4, -0.2) is 64.0 Å². The molecule has 0 aliphatic carbocycles. The van der Waals surface area contributed by atoms with Crippen LogP contribution in [0.4, 0.5) is 11.6 Å². The van der Waals surface area contributed by atoms with Crippen molar-refractivity contribution in [3.63, 3.8) is 0 Å². The highest BCUT2D eigenvalue weighted by atomic mass is 16.5. The van der Waals surface area contributed by atoms with Gasteiger partial charge in [-0.05, 0) is 39.1 Å². The van der Waals surface area contributed by atoms with Crippen LogP contribution in [0.5, 0.6) is 0 Å². The summed E-state index contributed by atoms with van der Waals surface area (Å²) in [6.07, 6.45) is 0.829. The van der Waals surface area contributed by atoms with Crippen LogP contribution in [0.25, 0.3) is 11.5 Å². The predicted molar refractivity (Wildman–Crippen MR) is 129 cm³/mol. The van der Waals surface area contributed by atoms with Crippen molar-refractivity contribution >= 4 is 17.5 Å². The van der Waals surface area contributed by atoms with Crippen molar-refractivity contribution in [1.82, 2.24) is 30.0 Å². The zero-order valence-electron chi connectivity index (χ0n) is 20.2. The Bertz CT molecular complexity index is 1240. The van der Waals surface area contributed by atoms with Gasteiger partial charge in [0.2, 0.25) is 0 Å². The molecule has 34 heavy (non-hydrogen) atoms. The Hall–Kier alpha value is -3.37. The molecule has 0 saturated heterocycles. The largest absolute Gasteiger partial charge is 0.379 e. The lowest BCUT2D eigenvalue weighted by Gasteiger charge is -2.24. The second-order valence-corrected chi connectivity index (χ2v) is 9.07. The van der Waals surface area contributed by atoms with E-state index in [0.29, 0.717) is 42.5 Å². The van der Waals surface area contributed by atoms with E-state index < -0.39 is 0 Å². The van der Waals surface area contributed by atoms with Crippen molar-refractivity contribution in [3.05, 3.63) is 46.9 Å². The topological polar surface area (TPSA) is 101 Å². The van der Waals surface area contributed by atoms with E-state index in [9.17, 15) is 4.79 Å². The lowest BCUT2D eigenvalue weighted by atomic mass is 10.1. The number of carbonyl (C=O) groups excluding carboxylic acids is 1. The molecule has 10 heteroatoms. The van der Waals surface area contributed by atoms with Crippen molar-refractivity contribution in [2.45, 2.75) is 52.0 Å². The van der Waals surface area contributed by atoms with E-state index in [0.717, 1.165) is 29.3 Å². The number of fused-ring (bicyclic) bond motifs is 2. The summed E-state index contributed by atoms with van der Waals surface area (Å²) in [4.78, 5) is 27.0. The molecule has 1 unspecified atom stereocenters. The van der Waals surface area contributed by atoms with Gasteiger partial charge >= 0.3 is 0 Å². The van der Waals surface area contributed by atoms with Crippen molar-refractivity contribution in [1.29, 1.82) is 0 Å². The van der Waals surface area contributed by atoms with Crippen molar-refractivity contribution in [2.24, 2.45) is 0 Å². The number of nitrogens with one attached hydrogen (secondary N) is 1. The minimum atomic E-state index is -0.0660. The molecule has 0 spiro atoms. The molecular formula is C24H30N8O2. The fraction of sp³-hybridized carbons (Fsp3) is 0.458. The van der Waals surface area contributed by atoms with Gasteiger partial charge in [-0.15, -0.1) is 10.2 Å². The number of nitrogens with zero attached hydrogens (tertiary/aromatic N) is 7. The monoisotopic (exact) mass is 462 g/mol. The van der Waals surface area contributed by atoms with E-state index in [4.69, 9.17) is 14.7 Å². The average Bonchev–Trinajstić information content (AvgIpc) is 3.51. The highest BCUT2D eigenvalue weighted by molar-refractivity contribution is 6.10. The van der Waals surface area contributed by atoms with Gasteiger partial charge in [-0.1, -0.05) is 6.07 Å². The van der Waals surface area contributed by atoms with Crippen molar-refractivity contribution < 1.29 is 9.53 Å². The van der Waals surface area contributed by atoms with Gasteiger partial charge in [-0.25, -0.2) is 9.97 Å². The Morgan fingerprint density at radius 1 is 1.26 bits per heavy atom. The lowest BCUT2D eigenvalue weighted by molar-refractivity contribution is 0.0995. The van der Waals surface area contributed by atoms with Crippen LogP contribution in [-0.2, 0) is 30.8 Å². The number of methoxy groups -OCH3 is 1. The Morgan fingerprint density at radius 2 is 2.09 bits per heavy atom. The minimum Gasteiger partial charge on any atom is -0.379 e. The van der Waals surface area contributed by atoms with Gasteiger partial charge in [0, 0.05) is 38.7 Å². The van der Waals surface area contributed by atoms with Gasteiger partial charge in [0.15, 0.2) is 5.82 Å². The summed E-state index contributed by atoms with van der Waals surface area (Å²) < 4.78 is 7.54. The molecule has 1 N–H and O–H groups in total. The first-order chi connectivity index (χ1) is 16.4. The molecule has 0 aromatic carbocycles. The second kappa shape index (κ2) is 8.77. The smallest absolute Gasteiger partial charge is 0.260 e. The summed E-state index contributed by atoms with van der Waals surface area (Å²) in [5.74, 6) is 2.90. The van der Waals surface area contributed by atoms with Gasteiger partial charge in [-0.3, -0.25) is 9.69 Å². The average molecular weight is 463 g/mol. The first-order valence-corrected chi connectivity index (χ1v) is 11.6. The predicted octanol–water partition coefficient (Wildman–Crippen LogP) is 2.03. The maximum atomic E-state index is 13.5. The zero-order valence-corrected chi connectivity index (χ0v) is 20.2. The molecule has 2 aliphatic heterocycles. The van der Waals surface area contributed by atoms with E-state index >= 15 is 0 Å². The maximum Gasteiger partial charge on any atom is 0.260 e. The number of aromatic nitrogens is 5. The molecule has 0 fully saturated rings. The Balaban J connectivity index is 1.49.